The van der Waals surface area contributed by atoms with Gasteiger partial charge in [-0.3, -0.25) is 18.4 Å². The average molecular weight is 775 g/mol. The number of hydrogen-bond donors (Lipinski definition) is 2. The van der Waals surface area contributed by atoms with Crippen molar-refractivity contribution < 1.29 is 65.4 Å². The van der Waals surface area contributed by atoms with Gasteiger partial charge in [0.1, 0.15) is 11.5 Å². The predicted molar refractivity (Wildman–Crippen MR) is 180 cm³/mol. The van der Waals surface area contributed by atoms with Crippen LogP contribution >= 0.6 is 0 Å². The maximum absolute atomic E-state index is 13.0. The van der Waals surface area contributed by atoms with E-state index in [-0.39, 0.29) is 67.3 Å². The first-order valence-electron chi connectivity index (χ1n) is 18.2. The zero-order chi connectivity index (χ0) is 44.2. The molecule has 2 aromatic carbocycles. The summed E-state index contributed by atoms with van der Waals surface area (Å²) < 4.78 is 164. The van der Waals surface area contributed by atoms with Gasteiger partial charge in [-0.05, 0) is 24.3 Å². The Labute approximate surface area is 309 Å². The zero-order valence-corrected chi connectivity index (χ0v) is 28.2. The molecule has 0 amide bonds. The number of aromatic amines is 2. The van der Waals surface area contributed by atoms with Crippen molar-refractivity contribution in [1.82, 2.24) is 29.9 Å². The number of alkyl halides is 4. The van der Waals surface area contributed by atoms with E-state index in [0.29, 0.717) is 11.0 Å². The molecular formula is C32H30F4N6O8S2. The lowest BCUT2D eigenvalue weighted by molar-refractivity contribution is -0.0504. The summed E-state index contributed by atoms with van der Waals surface area (Å²) in [6.07, 6.45) is 2.39. The molecule has 4 aromatic heterocycles. The molecule has 6 rings (SSSR count). The number of imidazole rings is 2. The lowest BCUT2D eigenvalue weighted by atomic mass is 10.3. The molecule has 0 aliphatic rings. The molecule has 276 valence electrons. The van der Waals surface area contributed by atoms with Crippen molar-refractivity contribution in [3.63, 3.8) is 0 Å². The fourth-order valence-corrected chi connectivity index (χ4v) is 6.28. The largest absolute Gasteiger partial charge is 0.493 e. The van der Waals surface area contributed by atoms with Crippen LogP contribution in [-0.4, -0.2) is 79.8 Å². The van der Waals surface area contributed by atoms with Gasteiger partial charge in [0.25, 0.3) is 0 Å². The van der Waals surface area contributed by atoms with E-state index in [1.165, 1.54) is 61.8 Å². The Hall–Kier alpha value is -5.50. The summed E-state index contributed by atoms with van der Waals surface area (Å²) in [7, 11) is -7.29. The summed E-state index contributed by atoms with van der Waals surface area (Å²) in [5, 5.41) is -0.222. The van der Waals surface area contributed by atoms with Crippen LogP contribution in [0.5, 0.6) is 34.5 Å². The van der Waals surface area contributed by atoms with Crippen molar-refractivity contribution in [2.75, 3.05) is 28.3 Å². The zero-order valence-electron chi connectivity index (χ0n) is 34.5. The van der Waals surface area contributed by atoms with E-state index in [4.69, 9.17) is 29.9 Å². The molecular weight excluding hydrogens is 737 g/mol. The van der Waals surface area contributed by atoms with Crippen molar-refractivity contribution >= 4 is 43.7 Å². The second-order valence-corrected chi connectivity index (χ2v) is 12.2. The Bertz CT molecular complexity index is 2510. The molecule has 0 radical (unpaired) electrons. The quantitative estimate of drug-likeness (QED) is 0.128. The first-order chi connectivity index (χ1) is 28.1. The molecule has 0 aliphatic heterocycles. The van der Waals surface area contributed by atoms with E-state index in [2.05, 4.69) is 39.4 Å². The third-order valence-corrected chi connectivity index (χ3v) is 8.68. The second-order valence-electron chi connectivity index (χ2n) is 9.74. The topological polar surface area (TPSA) is 173 Å². The molecule has 0 fully saturated rings. The molecule has 0 saturated carbocycles. The fourth-order valence-electron chi connectivity index (χ4n) is 4.46. The lowest BCUT2D eigenvalue weighted by Gasteiger charge is -2.10. The van der Waals surface area contributed by atoms with Crippen LogP contribution < -0.4 is 28.4 Å². The normalized spacial score (nSPS) is 15.4. The second kappa shape index (κ2) is 17.1. The Morgan fingerprint density at radius 1 is 0.712 bits per heavy atom. The highest BCUT2D eigenvalue weighted by atomic mass is 32.2. The maximum atomic E-state index is 13.0. The van der Waals surface area contributed by atoms with Gasteiger partial charge < -0.3 is 38.4 Å². The molecule has 0 saturated heterocycles. The predicted octanol–water partition coefficient (Wildman–Crippen LogP) is 5.77. The van der Waals surface area contributed by atoms with E-state index in [0.717, 1.165) is 13.3 Å². The molecule has 2 unspecified atom stereocenters. The van der Waals surface area contributed by atoms with Gasteiger partial charge in [0.15, 0.2) is 33.3 Å². The van der Waals surface area contributed by atoms with Crippen LogP contribution in [0.15, 0.2) is 71.2 Å². The van der Waals surface area contributed by atoms with Gasteiger partial charge >= 0.3 is 13.2 Å². The lowest BCUT2D eigenvalue weighted by Crippen LogP contribution is -2.04. The number of nitrogens with zero attached hydrogens (tertiary/aromatic N) is 4. The third kappa shape index (κ3) is 9.04. The molecule has 52 heavy (non-hydrogen) atoms. The van der Waals surface area contributed by atoms with Gasteiger partial charge in [-0.25, -0.2) is 9.97 Å². The molecule has 14 nitrogen and oxygen atoms in total. The number of pyridine rings is 2. The number of fused-ring (bicyclic) bond motifs is 2. The van der Waals surface area contributed by atoms with E-state index < -0.39 is 60.3 Å². The Kier molecular flexibility index (Phi) is 9.27. The number of benzene rings is 2. The van der Waals surface area contributed by atoms with Gasteiger partial charge in [-0.1, -0.05) is 0 Å². The van der Waals surface area contributed by atoms with Crippen molar-refractivity contribution in [1.29, 1.82) is 0 Å². The molecule has 0 aliphatic carbocycles. The molecule has 0 bridgehead atoms. The van der Waals surface area contributed by atoms with E-state index >= 15 is 0 Å². The summed E-state index contributed by atoms with van der Waals surface area (Å²) >= 11 is 0. The Morgan fingerprint density at radius 3 is 1.67 bits per heavy atom. The number of ether oxygens (including phenoxy) is 6. The summed E-state index contributed by atoms with van der Waals surface area (Å²) in [5.41, 5.74) is -1.76. The molecule has 4 heterocycles. The number of hydrogen-bond acceptors (Lipinski definition) is 12. The highest BCUT2D eigenvalue weighted by Crippen LogP contribution is 2.32. The standard InChI is InChI=1S/2C16H15F2N3O4S/c2*1-23-13-5-6-19-12(14(13)24-2)8-26(22)16-20-10-4-3-9(25-15(17)18)7-11(10)21-16/h2*3-7,15H,8H2,1-2H3,(H,20,21)/i1D3,8D2;1D3. The summed E-state index contributed by atoms with van der Waals surface area (Å²) in [6, 6.07) is 10.4. The van der Waals surface area contributed by atoms with Crippen molar-refractivity contribution in [3.8, 4) is 34.5 Å². The molecule has 0 spiro atoms. The van der Waals surface area contributed by atoms with Crippen LogP contribution in [0.4, 0.5) is 17.6 Å². The Morgan fingerprint density at radius 2 is 1.19 bits per heavy atom. The molecule has 20 heteroatoms. The van der Waals surface area contributed by atoms with Crippen LogP contribution in [0.3, 0.4) is 0 Å². The number of aromatic nitrogens is 6. The fraction of sp³-hybridized carbons (Fsp3) is 0.250. The van der Waals surface area contributed by atoms with Crippen LogP contribution in [0, 0.1) is 0 Å². The van der Waals surface area contributed by atoms with Gasteiger partial charge in [0, 0.05) is 39.4 Å². The van der Waals surface area contributed by atoms with Crippen LogP contribution in [0.2, 0.25) is 0 Å². The maximum Gasteiger partial charge on any atom is 0.387 e. The van der Waals surface area contributed by atoms with Crippen LogP contribution in [-0.2, 0) is 33.1 Å². The minimum absolute atomic E-state index is 0.0423. The number of rotatable bonds is 14. The summed E-state index contributed by atoms with van der Waals surface area (Å²) in [6.45, 7) is -6.00. The monoisotopic (exact) mass is 774 g/mol. The molecule has 6 aromatic rings. The van der Waals surface area contributed by atoms with Gasteiger partial charge in [-0.15, -0.1) is 0 Å². The highest BCUT2D eigenvalue weighted by Gasteiger charge is 2.19. The van der Waals surface area contributed by atoms with Gasteiger partial charge in [0.05, 0.1) is 103 Å². The summed E-state index contributed by atoms with van der Waals surface area (Å²) in [5.74, 6) is -1.06. The van der Waals surface area contributed by atoms with Crippen LogP contribution in [0.1, 0.15) is 22.4 Å². The first-order valence-corrected chi connectivity index (χ1v) is 16.7. The van der Waals surface area contributed by atoms with Crippen LogP contribution in [0.25, 0.3) is 22.1 Å². The minimum atomic E-state index is -3.04. The van der Waals surface area contributed by atoms with E-state index in [1.807, 2.05) is 0 Å². The van der Waals surface area contributed by atoms with Gasteiger partial charge in [0.2, 0.25) is 0 Å². The molecule has 2 N–H and O–H groups in total. The number of nitrogens with one attached hydrogen (secondary N) is 2. The van der Waals surface area contributed by atoms with Gasteiger partial charge in [-0.2, -0.15) is 17.6 Å². The average Bonchev–Trinajstić information content (AvgIpc) is 3.77. The third-order valence-electron chi connectivity index (χ3n) is 6.60. The number of methoxy groups -OCH3 is 4. The number of halogens is 4. The van der Waals surface area contributed by atoms with Crippen molar-refractivity contribution in [3.05, 3.63) is 72.3 Å². The number of H-pyrrole nitrogens is 2. The smallest absolute Gasteiger partial charge is 0.387 e. The van der Waals surface area contributed by atoms with Crippen molar-refractivity contribution in [2.45, 2.75) is 35.0 Å². The van der Waals surface area contributed by atoms with E-state index in [1.54, 1.807) is 0 Å². The Balaban J connectivity index is 0.000000228. The highest BCUT2D eigenvalue weighted by molar-refractivity contribution is 7.84. The first kappa shape index (κ1) is 28.1. The minimum Gasteiger partial charge on any atom is -0.493 e. The molecule has 2 atom stereocenters. The van der Waals surface area contributed by atoms with E-state index in [9.17, 15) is 26.0 Å². The summed E-state index contributed by atoms with van der Waals surface area (Å²) in [4.78, 5) is 21.6. The van der Waals surface area contributed by atoms with Crippen molar-refractivity contribution in [2.24, 2.45) is 0 Å². The SMILES string of the molecule is [2H]C([2H])([2H])Oc1ccnc(C([2H])([2H])S(=O)c2nc3ccc(OC(F)F)cc3[nH]2)c1OC.[2H]C([2H])([2H])Oc1ccnc(CS(=O)c2nc3ccc(OC(F)F)cc3[nH]2)c1OC.